The minimum atomic E-state index is -1.16. The number of rotatable bonds is 15. The summed E-state index contributed by atoms with van der Waals surface area (Å²) in [5.41, 5.74) is 4.40. The summed E-state index contributed by atoms with van der Waals surface area (Å²) in [6, 6.07) is -1.05. The molecular formula is C25H49N5O4S. The third-order valence-corrected chi connectivity index (χ3v) is 7.75. The molecular weight excluding hydrogens is 466 g/mol. The Labute approximate surface area is 216 Å². The van der Waals surface area contributed by atoms with Crippen LogP contribution in [0.3, 0.4) is 0 Å². The van der Waals surface area contributed by atoms with Gasteiger partial charge >= 0.3 is 0 Å². The molecule has 2 atom stereocenters. The Morgan fingerprint density at radius 2 is 1.66 bits per heavy atom. The zero-order valence-electron chi connectivity index (χ0n) is 23.0. The van der Waals surface area contributed by atoms with Crippen LogP contribution < -0.4 is 5.73 Å². The number of carbonyl (C=O) groups excluding carboxylic acids is 3. The van der Waals surface area contributed by atoms with Gasteiger partial charge in [0.15, 0.2) is 0 Å². The van der Waals surface area contributed by atoms with E-state index in [1.54, 1.807) is 32.7 Å². The number of carbonyl (C=O) groups is 3. The summed E-state index contributed by atoms with van der Waals surface area (Å²) in [7, 11) is 3.18. The molecule has 35 heavy (non-hydrogen) atoms. The Hall–Kier alpha value is -1.36. The highest BCUT2D eigenvalue weighted by Crippen LogP contribution is 2.19. The lowest BCUT2D eigenvalue weighted by atomic mass is 9.97. The molecule has 1 fully saturated rings. The molecule has 10 heteroatoms. The van der Waals surface area contributed by atoms with Gasteiger partial charge in [-0.15, -0.1) is 0 Å². The number of primary amides is 1. The van der Waals surface area contributed by atoms with E-state index in [-0.39, 0.29) is 18.2 Å². The number of hydrogen-bond acceptors (Lipinski definition) is 7. The van der Waals surface area contributed by atoms with E-state index in [0.717, 1.165) is 44.9 Å². The smallest absolute Gasteiger partial charge is 0.246 e. The molecule has 0 bridgehead atoms. The van der Waals surface area contributed by atoms with Crippen LogP contribution in [0.4, 0.5) is 0 Å². The Bertz CT molecular complexity index is 677. The highest BCUT2D eigenvalue weighted by Gasteiger charge is 2.36. The van der Waals surface area contributed by atoms with Gasteiger partial charge < -0.3 is 25.5 Å². The van der Waals surface area contributed by atoms with Gasteiger partial charge in [0.1, 0.15) is 12.1 Å². The van der Waals surface area contributed by atoms with Crippen molar-refractivity contribution in [2.24, 2.45) is 5.73 Å². The molecule has 1 saturated heterocycles. The Kier molecular flexibility index (Phi) is 13.6. The van der Waals surface area contributed by atoms with Crippen LogP contribution in [0.25, 0.3) is 0 Å². The van der Waals surface area contributed by atoms with Gasteiger partial charge in [-0.05, 0) is 52.8 Å². The van der Waals surface area contributed by atoms with Gasteiger partial charge in [-0.25, -0.2) is 0 Å². The van der Waals surface area contributed by atoms with Crippen LogP contribution in [0, 0.1) is 0 Å². The number of thioether (sulfide) groups is 1. The summed E-state index contributed by atoms with van der Waals surface area (Å²) in [5.74, 6) is 0.235. The Morgan fingerprint density at radius 3 is 2.14 bits per heavy atom. The van der Waals surface area contributed by atoms with Crippen molar-refractivity contribution < 1.29 is 19.5 Å². The minimum Gasteiger partial charge on any atom is -0.390 e. The van der Waals surface area contributed by atoms with Crippen molar-refractivity contribution in [1.29, 1.82) is 0 Å². The van der Waals surface area contributed by atoms with E-state index in [2.05, 4.69) is 23.6 Å². The van der Waals surface area contributed by atoms with Crippen LogP contribution >= 0.6 is 11.8 Å². The summed E-state index contributed by atoms with van der Waals surface area (Å²) in [4.78, 5) is 45.9. The maximum absolute atomic E-state index is 13.4. The summed E-state index contributed by atoms with van der Waals surface area (Å²) >= 11 is 1.65. The molecule has 0 saturated carbocycles. The van der Waals surface area contributed by atoms with Crippen molar-refractivity contribution in [1.82, 2.24) is 19.6 Å². The van der Waals surface area contributed by atoms with Gasteiger partial charge in [-0.1, -0.05) is 6.92 Å². The molecule has 3 amide bonds. The Balaban J connectivity index is 2.72. The van der Waals surface area contributed by atoms with Gasteiger partial charge in [-0.3, -0.25) is 19.3 Å². The molecule has 0 aromatic carbocycles. The first-order valence-corrected chi connectivity index (χ1v) is 14.0. The van der Waals surface area contributed by atoms with Gasteiger partial charge in [0.05, 0.1) is 5.60 Å². The largest absolute Gasteiger partial charge is 0.390 e. The molecule has 0 aromatic rings. The molecule has 0 unspecified atom stereocenters. The quantitative estimate of drug-likeness (QED) is 0.316. The molecule has 0 aromatic heterocycles. The van der Waals surface area contributed by atoms with E-state index in [1.807, 2.05) is 6.92 Å². The monoisotopic (exact) mass is 515 g/mol. The van der Waals surface area contributed by atoms with Crippen LogP contribution in [-0.2, 0) is 14.4 Å². The van der Waals surface area contributed by atoms with E-state index in [9.17, 15) is 19.5 Å². The summed E-state index contributed by atoms with van der Waals surface area (Å²) in [5, 5.41) is 10.2. The van der Waals surface area contributed by atoms with Gasteiger partial charge in [0.25, 0.3) is 0 Å². The van der Waals surface area contributed by atoms with Gasteiger partial charge in [0, 0.05) is 64.9 Å². The number of amides is 3. The predicted molar refractivity (Wildman–Crippen MR) is 143 cm³/mol. The van der Waals surface area contributed by atoms with Crippen molar-refractivity contribution >= 4 is 29.5 Å². The fourth-order valence-electron chi connectivity index (χ4n) is 4.29. The second kappa shape index (κ2) is 15.0. The molecule has 0 radical (unpaired) electrons. The van der Waals surface area contributed by atoms with E-state index < -0.39 is 23.6 Å². The first kappa shape index (κ1) is 31.7. The molecule has 0 spiro atoms. The third kappa shape index (κ3) is 11.1. The normalized spacial score (nSPS) is 17.3. The number of likely N-dealkylation sites (N-methyl/N-ethyl adjacent to an activating group) is 2. The fourth-order valence-corrected chi connectivity index (χ4v) is 5.38. The van der Waals surface area contributed by atoms with E-state index >= 15 is 0 Å². The lowest BCUT2D eigenvalue weighted by molar-refractivity contribution is -0.147. The van der Waals surface area contributed by atoms with Crippen LogP contribution in [0.15, 0.2) is 0 Å². The van der Waals surface area contributed by atoms with Crippen molar-refractivity contribution in [2.45, 2.75) is 84.0 Å². The van der Waals surface area contributed by atoms with Crippen LogP contribution in [0.2, 0.25) is 0 Å². The summed E-state index contributed by atoms with van der Waals surface area (Å²) in [6.07, 6.45) is 2.10. The van der Waals surface area contributed by atoms with Gasteiger partial charge in [-0.2, -0.15) is 11.8 Å². The zero-order valence-corrected chi connectivity index (χ0v) is 23.8. The van der Waals surface area contributed by atoms with Crippen LogP contribution in [-0.4, -0.2) is 124 Å². The third-order valence-electron chi connectivity index (χ3n) is 6.62. The van der Waals surface area contributed by atoms with Crippen LogP contribution in [0.5, 0.6) is 0 Å². The van der Waals surface area contributed by atoms with Crippen molar-refractivity contribution in [3.05, 3.63) is 0 Å². The average molecular weight is 516 g/mol. The lowest BCUT2D eigenvalue weighted by Gasteiger charge is -2.37. The Morgan fingerprint density at radius 1 is 1.06 bits per heavy atom. The second-order valence-electron chi connectivity index (χ2n) is 10.6. The molecule has 1 aliphatic rings. The molecule has 204 valence electrons. The lowest BCUT2D eigenvalue weighted by Crippen LogP contribution is -2.56. The SMILES string of the molecule is CCCC(=O)N(C)[C@H](CSCCCN1CCN(C(C)C)CC1)C(=O)N(C)[C@@H](CC(C)(C)O)C(N)=O. The molecule has 0 aliphatic carbocycles. The standard InChI is InChI=1S/C25H49N5O4S/c1-8-10-22(31)27(6)21(24(33)28(7)20(23(26)32)17-25(4,5)34)18-35-16-9-11-29-12-14-30(15-13-29)19(2)3/h19-21,34H,8-18H2,1-7H3,(H2,26,32)/t20-,21+/m0/s1. The first-order chi connectivity index (χ1) is 16.3. The maximum atomic E-state index is 13.4. The van der Waals surface area contributed by atoms with E-state index in [1.165, 1.54) is 16.8 Å². The predicted octanol–water partition coefficient (Wildman–Crippen LogP) is 1.24. The molecule has 9 nitrogen and oxygen atoms in total. The zero-order chi connectivity index (χ0) is 26.8. The number of aliphatic hydroxyl groups is 1. The first-order valence-electron chi connectivity index (χ1n) is 12.9. The second-order valence-corrected chi connectivity index (χ2v) is 11.7. The topological polar surface area (TPSA) is 110 Å². The minimum absolute atomic E-state index is 0.0289. The van der Waals surface area contributed by atoms with Crippen molar-refractivity contribution in [3.63, 3.8) is 0 Å². The molecule has 1 rings (SSSR count). The highest BCUT2D eigenvalue weighted by atomic mass is 32.2. The van der Waals surface area contributed by atoms with Crippen molar-refractivity contribution in [2.75, 3.05) is 58.3 Å². The number of piperazine rings is 1. The fraction of sp³-hybridized carbons (Fsp3) is 0.880. The van der Waals surface area contributed by atoms with Gasteiger partial charge in [0.2, 0.25) is 17.7 Å². The maximum Gasteiger partial charge on any atom is 0.246 e. The summed E-state index contributed by atoms with van der Waals surface area (Å²) in [6.45, 7) is 14.9. The van der Waals surface area contributed by atoms with Crippen molar-refractivity contribution in [3.8, 4) is 0 Å². The average Bonchev–Trinajstić information content (AvgIpc) is 2.78. The number of nitrogens with two attached hydrogens (primary N) is 1. The molecule has 3 N–H and O–H groups in total. The van der Waals surface area contributed by atoms with Crippen LogP contribution in [0.1, 0.15) is 60.3 Å². The highest BCUT2D eigenvalue weighted by molar-refractivity contribution is 7.99. The van der Waals surface area contributed by atoms with E-state index in [0.29, 0.717) is 24.6 Å². The van der Waals surface area contributed by atoms with E-state index in [4.69, 9.17) is 5.73 Å². The summed E-state index contributed by atoms with van der Waals surface area (Å²) < 4.78 is 0. The molecule has 1 heterocycles. The number of hydrogen-bond donors (Lipinski definition) is 2. The number of nitrogens with zero attached hydrogens (tertiary/aromatic N) is 4. The molecule has 1 aliphatic heterocycles.